The first-order valence-electron chi connectivity index (χ1n) is 3.55. The number of hydrogen-bond acceptors (Lipinski definition) is 2. The SMILES string of the molecule is C#CCCC(C#N)CCC#N. The van der Waals surface area contributed by atoms with Crippen LogP contribution >= 0.6 is 0 Å². The Morgan fingerprint density at radius 1 is 1.18 bits per heavy atom. The number of rotatable bonds is 4. The Morgan fingerprint density at radius 2 is 1.82 bits per heavy atom. The zero-order valence-electron chi connectivity index (χ0n) is 6.38. The molecule has 0 amide bonds. The maximum Gasteiger partial charge on any atom is 0.0656 e. The minimum Gasteiger partial charge on any atom is -0.198 e. The highest BCUT2D eigenvalue weighted by atomic mass is 14.3. The summed E-state index contributed by atoms with van der Waals surface area (Å²) in [6.07, 6.45) is 7.48. The van der Waals surface area contributed by atoms with E-state index in [1.54, 1.807) is 0 Å². The molecule has 2 nitrogen and oxygen atoms in total. The lowest BCUT2D eigenvalue weighted by atomic mass is 10.00. The summed E-state index contributed by atoms with van der Waals surface area (Å²) in [6, 6.07) is 4.13. The Kier molecular flexibility index (Phi) is 5.77. The molecule has 0 aliphatic carbocycles. The lowest BCUT2D eigenvalue weighted by molar-refractivity contribution is 0.574. The van der Waals surface area contributed by atoms with E-state index in [2.05, 4.69) is 12.0 Å². The van der Waals surface area contributed by atoms with Crippen molar-refractivity contribution in [3.63, 3.8) is 0 Å². The lowest BCUT2D eigenvalue weighted by Gasteiger charge is -2.01. The Morgan fingerprint density at radius 3 is 2.27 bits per heavy atom. The molecule has 2 heteroatoms. The molecule has 0 saturated carbocycles. The van der Waals surface area contributed by atoms with Gasteiger partial charge >= 0.3 is 0 Å². The summed E-state index contributed by atoms with van der Waals surface area (Å²) < 4.78 is 0. The van der Waals surface area contributed by atoms with Crippen molar-refractivity contribution in [2.45, 2.75) is 25.7 Å². The number of hydrogen-bond donors (Lipinski definition) is 0. The van der Waals surface area contributed by atoms with Gasteiger partial charge < -0.3 is 0 Å². The largest absolute Gasteiger partial charge is 0.198 e. The second-order valence-corrected chi connectivity index (χ2v) is 2.27. The van der Waals surface area contributed by atoms with Gasteiger partial charge in [-0.1, -0.05) is 0 Å². The van der Waals surface area contributed by atoms with E-state index in [-0.39, 0.29) is 5.92 Å². The molecule has 0 saturated heterocycles. The fourth-order valence-electron chi connectivity index (χ4n) is 0.770. The van der Waals surface area contributed by atoms with Gasteiger partial charge in [0, 0.05) is 18.8 Å². The zero-order chi connectivity index (χ0) is 8.53. The second-order valence-electron chi connectivity index (χ2n) is 2.27. The van der Waals surface area contributed by atoms with Gasteiger partial charge in [-0.25, -0.2) is 0 Å². The van der Waals surface area contributed by atoms with E-state index in [4.69, 9.17) is 16.9 Å². The van der Waals surface area contributed by atoms with Crippen molar-refractivity contribution in [3.05, 3.63) is 0 Å². The van der Waals surface area contributed by atoms with Crippen LogP contribution in [0.15, 0.2) is 0 Å². The molecule has 0 aliphatic heterocycles. The molecule has 1 unspecified atom stereocenters. The van der Waals surface area contributed by atoms with Crippen LogP contribution < -0.4 is 0 Å². The molecular formula is C9H10N2. The van der Waals surface area contributed by atoms with Gasteiger partial charge in [0.05, 0.1) is 12.1 Å². The van der Waals surface area contributed by atoms with Crippen molar-refractivity contribution in [1.29, 1.82) is 10.5 Å². The molecule has 0 heterocycles. The average molecular weight is 146 g/mol. The van der Waals surface area contributed by atoms with E-state index in [1.807, 2.05) is 6.07 Å². The molecule has 0 N–H and O–H groups in total. The zero-order valence-corrected chi connectivity index (χ0v) is 6.38. The van der Waals surface area contributed by atoms with E-state index >= 15 is 0 Å². The molecule has 0 aromatic heterocycles. The highest BCUT2D eigenvalue weighted by molar-refractivity contribution is 4.91. The molecular weight excluding hydrogens is 136 g/mol. The quantitative estimate of drug-likeness (QED) is 0.568. The van der Waals surface area contributed by atoms with E-state index < -0.39 is 0 Å². The molecule has 11 heavy (non-hydrogen) atoms. The molecule has 56 valence electrons. The van der Waals surface area contributed by atoms with Crippen molar-refractivity contribution in [1.82, 2.24) is 0 Å². The summed E-state index contributed by atoms with van der Waals surface area (Å²) in [7, 11) is 0. The van der Waals surface area contributed by atoms with Crippen molar-refractivity contribution in [2.24, 2.45) is 5.92 Å². The molecule has 0 bridgehead atoms. The predicted octanol–water partition coefficient (Wildman–Crippen LogP) is 1.84. The molecule has 0 fully saturated rings. The maximum absolute atomic E-state index is 8.55. The third-order valence-electron chi connectivity index (χ3n) is 1.42. The first-order valence-corrected chi connectivity index (χ1v) is 3.55. The van der Waals surface area contributed by atoms with E-state index in [0.29, 0.717) is 25.7 Å². The third kappa shape index (κ3) is 5.01. The van der Waals surface area contributed by atoms with Crippen LogP contribution in [0.3, 0.4) is 0 Å². The summed E-state index contributed by atoms with van der Waals surface area (Å²) in [6.45, 7) is 0. The molecule has 0 spiro atoms. The summed E-state index contributed by atoms with van der Waals surface area (Å²) in [5.41, 5.74) is 0. The van der Waals surface area contributed by atoms with Gasteiger partial charge in [-0.05, 0) is 12.8 Å². The molecule has 0 aromatic rings. The van der Waals surface area contributed by atoms with Crippen molar-refractivity contribution in [2.75, 3.05) is 0 Å². The fraction of sp³-hybridized carbons (Fsp3) is 0.556. The topological polar surface area (TPSA) is 47.6 Å². The van der Waals surface area contributed by atoms with Crippen molar-refractivity contribution in [3.8, 4) is 24.5 Å². The molecule has 0 radical (unpaired) electrons. The van der Waals surface area contributed by atoms with E-state index in [9.17, 15) is 0 Å². The van der Waals surface area contributed by atoms with Gasteiger partial charge in [0.15, 0.2) is 0 Å². The fourth-order valence-corrected chi connectivity index (χ4v) is 0.770. The Balaban J connectivity index is 3.55. The van der Waals surface area contributed by atoms with Crippen molar-refractivity contribution >= 4 is 0 Å². The van der Waals surface area contributed by atoms with Gasteiger partial charge in [-0.2, -0.15) is 10.5 Å². The Labute approximate surface area is 67.4 Å². The van der Waals surface area contributed by atoms with Gasteiger partial charge in [0.25, 0.3) is 0 Å². The minimum atomic E-state index is -0.0364. The van der Waals surface area contributed by atoms with E-state index in [1.165, 1.54) is 0 Å². The summed E-state index contributed by atoms with van der Waals surface area (Å²) in [4.78, 5) is 0. The normalized spacial score (nSPS) is 10.6. The standard InChI is InChI=1S/C9H10N2/c1-2-3-5-9(8-11)6-4-7-10/h1,9H,3-6H2. The van der Waals surface area contributed by atoms with Crippen molar-refractivity contribution < 1.29 is 0 Å². The smallest absolute Gasteiger partial charge is 0.0656 e. The molecule has 0 aliphatic rings. The van der Waals surface area contributed by atoms with Gasteiger partial charge in [-0.15, -0.1) is 12.3 Å². The Bertz CT molecular complexity index is 193. The Hall–Kier alpha value is -1.46. The van der Waals surface area contributed by atoms with Gasteiger partial charge in [0.2, 0.25) is 0 Å². The van der Waals surface area contributed by atoms with Crippen LogP contribution in [0.5, 0.6) is 0 Å². The van der Waals surface area contributed by atoms with Gasteiger partial charge in [-0.3, -0.25) is 0 Å². The third-order valence-corrected chi connectivity index (χ3v) is 1.42. The van der Waals surface area contributed by atoms with Crippen LogP contribution in [0.25, 0.3) is 0 Å². The van der Waals surface area contributed by atoms with Crippen LogP contribution in [0.1, 0.15) is 25.7 Å². The molecule has 0 aromatic carbocycles. The summed E-state index contributed by atoms with van der Waals surface area (Å²) in [5.74, 6) is 2.44. The van der Waals surface area contributed by atoms with Crippen LogP contribution in [-0.4, -0.2) is 0 Å². The predicted molar refractivity (Wildman–Crippen MR) is 42.0 cm³/mol. The molecule has 0 rings (SSSR count). The first kappa shape index (κ1) is 9.54. The first-order chi connectivity index (χ1) is 5.35. The number of nitrogens with zero attached hydrogens (tertiary/aromatic N) is 2. The van der Waals surface area contributed by atoms with Crippen LogP contribution in [-0.2, 0) is 0 Å². The van der Waals surface area contributed by atoms with E-state index in [0.717, 1.165) is 0 Å². The number of nitriles is 2. The second kappa shape index (κ2) is 6.66. The maximum atomic E-state index is 8.55. The highest BCUT2D eigenvalue weighted by Crippen LogP contribution is 2.11. The monoisotopic (exact) mass is 146 g/mol. The number of terminal acetylenes is 1. The van der Waals surface area contributed by atoms with Crippen LogP contribution in [0.4, 0.5) is 0 Å². The minimum absolute atomic E-state index is 0.0364. The van der Waals surface area contributed by atoms with Crippen LogP contribution in [0, 0.1) is 40.9 Å². The highest BCUT2D eigenvalue weighted by Gasteiger charge is 2.04. The lowest BCUT2D eigenvalue weighted by Crippen LogP contribution is -1.95. The summed E-state index contributed by atoms with van der Waals surface area (Å²) >= 11 is 0. The van der Waals surface area contributed by atoms with Crippen LogP contribution in [0.2, 0.25) is 0 Å². The van der Waals surface area contributed by atoms with Gasteiger partial charge in [0.1, 0.15) is 0 Å². The summed E-state index contributed by atoms with van der Waals surface area (Å²) in [5, 5.41) is 16.8. The molecule has 1 atom stereocenters. The average Bonchev–Trinajstić information content (AvgIpc) is 2.05.